The van der Waals surface area contributed by atoms with Crippen molar-refractivity contribution in [3.8, 4) is 0 Å². The molecule has 6 heteroatoms. The lowest BCUT2D eigenvalue weighted by Crippen LogP contribution is -2.68. The average molecular weight is 636 g/mol. The van der Waals surface area contributed by atoms with Gasteiger partial charge in [0, 0.05) is 19.1 Å². The second-order valence-corrected chi connectivity index (χ2v) is 22.2. The van der Waals surface area contributed by atoms with Crippen molar-refractivity contribution in [2.75, 3.05) is 0 Å². The van der Waals surface area contributed by atoms with Gasteiger partial charge in [-0.3, -0.25) is 0 Å². The molecule has 0 aliphatic heterocycles. The lowest BCUT2D eigenvalue weighted by atomic mass is 10.1. The van der Waals surface area contributed by atoms with Crippen LogP contribution in [0.4, 0.5) is 0 Å². The van der Waals surface area contributed by atoms with Gasteiger partial charge in [0.1, 0.15) is 0 Å². The summed E-state index contributed by atoms with van der Waals surface area (Å²) in [7, 11) is -5.74. The van der Waals surface area contributed by atoms with Crippen molar-refractivity contribution in [2.24, 2.45) is 5.16 Å². The van der Waals surface area contributed by atoms with Crippen molar-refractivity contribution in [2.45, 2.75) is 76.7 Å². The molecule has 0 spiro atoms. The molecule has 4 rings (SSSR count). The third kappa shape index (κ3) is 7.31. The Bertz CT molecular complexity index is 1420. The number of oxime groups is 1. The first kappa shape index (κ1) is 34.3. The second-order valence-electron chi connectivity index (χ2n) is 13.7. The maximum atomic E-state index is 9.57. The molecule has 4 aromatic carbocycles. The van der Waals surface area contributed by atoms with Gasteiger partial charge in [0.15, 0.2) is 0 Å². The molecule has 0 saturated carbocycles. The van der Waals surface area contributed by atoms with E-state index >= 15 is 0 Å². The molecular weight excluding hydrogens is 587 g/mol. The number of hydrogen-bond acceptors (Lipinski definition) is 4. The number of rotatable bonds is 13. The molecule has 0 aromatic heterocycles. The third-order valence-electron chi connectivity index (χ3n) is 8.71. The number of hydrogen-bond donors (Lipinski definition) is 1. The molecule has 4 aromatic rings. The molecule has 1 N–H and O–H groups in total. The van der Waals surface area contributed by atoms with Crippen LogP contribution in [0.3, 0.4) is 0 Å². The topological polar surface area (TPSA) is 51.1 Å². The van der Waals surface area contributed by atoms with E-state index in [0.717, 1.165) is 0 Å². The Morgan fingerprint density at radius 3 is 1.24 bits per heavy atom. The predicted molar refractivity (Wildman–Crippen MR) is 195 cm³/mol. The zero-order chi connectivity index (χ0) is 32.6. The maximum Gasteiger partial charge on any atom is 0.261 e. The van der Waals surface area contributed by atoms with Crippen molar-refractivity contribution in [3.05, 3.63) is 134 Å². The first-order valence-electron chi connectivity index (χ1n) is 15.9. The first-order valence-corrected chi connectivity index (χ1v) is 19.7. The van der Waals surface area contributed by atoms with Gasteiger partial charge in [0.25, 0.3) is 16.6 Å². The zero-order valence-corrected chi connectivity index (χ0v) is 29.7. The molecule has 2 atom stereocenters. The fraction of sp³-hybridized carbons (Fsp3) is 0.308. The molecule has 0 aliphatic rings. The molecule has 2 unspecified atom stereocenters. The third-order valence-corrected chi connectivity index (χ3v) is 18.9. The highest BCUT2D eigenvalue weighted by molar-refractivity contribution is 7.00. The van der Waals surface area contributed by atoms with Crippen LogP contribution in [0.15, 0.2) is 139 Å². The minimum Gasteiger partial charge on any atom is -0.411 e. The summed E-state index contributed by atoms with van der Waals surface area (Å²) in [5, 5.41) is 17.4. The predicted octanol–water partition coefficient (Wildman–Crippen LogP) is 7.30. The molecule has 0 saturated heterocycles. The van der Waals surface area contributed by atoms with E-state index in [9.17, 15) is 5.21 Å². The summed E-state index contributed by atoms with van der Waals surface area (Å²) in [5.41, 5.74) is 0. The fourth-order valence-corrected chi connectivity index (χ4v) is 16.0. The standard InChI is InChI=1S/C39H49NO3Si2/c1-8-32(42-44(38(2,3)4,34-21-13-9-14-22-34)35-23-15-10-16-24-35)31-33(29-30-40-41)43-45(39(5,6)7,36-25-17-11-18-26-36)37-27-19-12-20-28-37/h8-28,30,32-33,41H,1,29,31H2,2-7H3. The van der Waals surface area contributed by atoms with E-state index in [-0.39, 0.29) is 22.3 Å². The minimum absolute atomic E-state index is 0.183. The Labute approximate surface area is 272 Å². The summed E-state index contributed by atoms with van der Waals surface area (Å²) >= 11 is 0. The van der Waals surface area contributed by atoms with Gasteiger partial charge in [-0.15, -0.1) is 11.7 Å². The van der Waals surface area contributed by atoms with Gasteiger partial charge in [-0.1, -0.05) is 169 Å². The van der Waals surface area contributed by atoms with Gasteiger partial charge in [0.05, 0.1) is 12.2 Å². The van der Waals surface area contributed by atoms with Gasteiger partial charge in [-0.25, -0.2) is 0 Å². The van der Waals surface area contributed by atoms with Crippen LogP contribution in [-0.4, -0.2) is 40.3 Å². The van der Waals surface area contributed by atoms with Gasteiger partial charge in [0.2, 0.25) is 0 Å². The molecule has 0 fully saturated rings. The molecule has 0 aliphatic carbocycles. The van der Waals surface area contributed by atoms with Crippen molar-refractivity contribution >= 4 is 43.6 Å². The summed E-state index contributed by atoms with van der Waals surface area (Å²) < 4.78 is 15.0. The molecule has 0 amide bonds. The average Bonchev–Trinajstić information content (AvgIpc) is 3.04. The monoisotopic (exact) mass is 635 g/mol. The fourth-order valence-electron chi connectivity index (χ4n) is 6.67. The Hall–Kier alpha value is -3.56. The van der Waals surface area contributed by atoms with Crippen LogP contribution >= 0.6 is 0 Å². The van der Waals surface area contributed by atoms with Crippen molar-refractivity contribution in [1.29, 1.82) is 0 Å². The van der Waals surface area contributed by atoms with Crippen LogP contribution in [0.2, 0.25) is 10.1 Å². The summed E-state index contributed by atoms with van der Waals surface area (Å²) in [6, 6.07) is 42.6. The zero-order valence-electron chi connectivity index (χ0n) is 27.7. The van der Waals surface area contributed by atoms with E-state index in [1.165, 1.54) is 20.7 Å². The lowest BCUT2D eigenvalue weighted by molar-refractivity contribution is 0.125. The normalized spacial score (nSPS) is 14.3. The molecule has 0 bridgehead atoms. The van der Waals surface area contributed by atoms with E-state index in [2.05, 4.69) is 175 Å². The SMILES string of the molecule is C=CC(CC(CC=NO)O[Si](c1ccccc1)(c1ccccc1)C(C)(C)C)O[Si](c1ccccc1)(c1ccccc1)C(C)(C)C. The number of nitrogens with zero attached hydrogens (tertiary/aromatic N) is 1. The van der Waals surface area contributed by atoms with Gasteiger partial charge < -0.3 is 14.1 Å². The highest BCUT2D eigenvalue weighted by atomic mass is 28.4. The van der Waals surface area contributed by atoms with E-state index < -0.39 is 16.6 Å². The summed E-state index contributed by atoms with van der Waals surface area (Å²) in [4.78, 5) is 0. The van der Waals surface area contributed by atoms with Crippen molar-refractivity contribution in [1.82, 2.24) is 0 Å². The Morgan fingerprint density at radius 2 is 0.956 bits per heavy atom. The minimum atomic E-state index is -2.89. The van der Waals surface area contributed by atoms with Crippen LogP contribution in [0.5, 0.6) is 0 Å². The molecule has 45 heavy (non-hydrogen) atoms. The van der Waals surface area contributed by atoms with Crippen molar-refractivity contribution < 1.29 is 14.1 Å². The number of benzene rings is 4. The van der Waals surface area contributed by atoms with Gasteiger partial charge in [-0.05, 0) is 30.8 Å². The Morgan fingerprint density at radius 1 is 0.622 bits per heavy atom. The van der Waals surface area contributed by atoms with Crippen LogP contribution in [0, 0.1) is 0 Å². The molecule has 0 heterocycles. The van der Waals surface area contributed by atoms with Crippen LogP contribution in [0.1, 0.15) is 54.4 Å². The van der Waals surface area contributed by atoms with Gasteiger partial charge >= 0.3 is 0 Å². The maximum absolute atomic E-state index is 9.57. The Balaban J connectivity index is 1.83. The molecular formula is C39H49NO3Si2. The van der Waals surface area contributed by atoms with Gasteiger partial charge in [-0.2, -0.15) is 0 Å². The highest BCUT2D eigenvalue weighted by Gasteiger charge is 2.53. The summed E-state index contributed by atoms with van der Waals surface area (Å²) in [6.45, 7) is 18.0. The van der Waals surface area contributed by atoms with E-state index in [1.807, 2.05) is 6.08 Å². The Kier molecular flexibility index (Phi) is 11.2. The largest absolute Gasteiger partial charge is 0.411 e. The second kappa shape index (κ2) is 14.7. The molecule has 0 radical (unpaired) electrons. The summed E-state index contributed by atoms with van der Waals surface area (Å²) in [6.07, 6.45) is 3.86. The first-order chi connectivity index (χ1) is 21.5. The van der Waals surface area contributed by atoms with E-state index in [0.29, 0.717) is 12.8 Å². The van der Waals surface area contributed by atoms with E-state index in [4.69, 9.17) is 8.85 Å². The quantitative estimate of drug-likeness (QED) is 0.0552. The molecule has 236 valence electrons. The lowest BCUT2D eigenvalue weighted by Gasteiger charge is -2.47. The van der Waals surface area contributed by atoms with Crippen LogP contribution in [0.25, 0.3) is 0 Å². The highest BCUT2D eigenvalue weighted by Crippen LogP contribution is 2.40. The van der Waals surface area contributed by atoms with Crippen LogP contribution in [-0.2, 0) is 8.85 Å². The van der Waals surface area contributed by atoms with E-state index in [1.54, 1.807) is 6.21 Å². The smallest absolute Gasteiger partial charge is 0.261 e. The van der Waals surface area contributed by atoms with Crippen LogP contribution < -0.4 is 20.7 Å². The summed E-state index contributed by atoms with van der Waals surface area (Å²) in [5.74, 6) is 0. The van der Waals surface area contributed by atoms with Crippen molar-refractivity contribution in [3.63, 3.8) is 0 Å². The molecule has 4 nitrogen and oxygen atoms in total.